The van der Waals surface area contributed by atoms with Gasteiger partial charge in [0.25, 0.3) is 0 Å². The predicted molar refractivity (Wildman–Crippen MR) is 95.7 cm³/mol. The first-order valence-corrected chi connectivity index (χ1v) is 9.27. The van der Waals surface area contributed by atoms with E-state index in [4.69, 9.17) is 14.2 Å². The highest BCUT2D eigenvalue weighted by Crippen LogP contribution is 2.27. The number of nitrogens with one attached hydrogen (secondary N) is 1. The molecule has 0 unspecified atom stereocenters. The van der Waals surface area contributed by atoms with Crippen LogP contribution in [0.25, 0.3) is 0 Å². The Kier molecular flexibility index (Phi) is 6.59. The van der Waals surface area contributed by atoms with Crippen LogP contribution in [0, 0.1) is 6.92 Å². The van der Waals surface area contributed by atoms with Crippen molar-refractivity contribution >= 4 is 16.0 Å². The second-order valence-corrected chi connectivity index (χ2v) is 7.22. The summed E-state index contributed by atoms with van der Waals surface area (Å²) in [6, 6.07) is 11.9. The molecule has 0 heterocycles. The highest BCUT2D eigenvalue weighted by molar-refractivity contribution is 7.89. The monoisotopic (exact) mass is 379 g/mol. The van der Waals surface area contributed by atoms with Gasteiger partial charge in [-0.1, -0.05) is 29.8 Å². The average Bonchev–Trinajstić information content (AvgIpc) is 2.65. The summed E-state index contributed by atoms with van der Waals surface area (Å²) < 4.78 is 42.3. The van der Waals surface area contributed by atoms with Crippen LogP contribution >= 0.6 is 0 Å². The number of rotatable bonds is 8. The van der Waals surface area contributed by atoms with Crippen LogP contribution < -0.4 is 14.2 Å². The Morgan fingerprint density at radius 2 is 1.73 bits per heavy atom. The molecule has 26 heavy (non-hydrogen) atoms. The maximum Gasteiger partial charge on any atom is 0.321 e. The number of ether oxygens (including phenoxy) is 3. The van der Waals surface area contributed by atoms with Gasteiger partial charge in [-0.2, -0.15) is 4.72 Å². The van der Waals surface area contributed by atoms with Gasteiger partial charge in [0.15, 0.2) is 0 Å². The van der Waals surface area contributed by atoms with Crippen molar-refractivity contribution in [2.45, 2.75) is 18.4 Å². The van der Waals surface area contributed by atoms with Gasteiger partial charge >= 0.3 is 5.97 Å². The van der Waals surface area contributed by atoms with Crippen molar-refractivity contribution in [3.8, 4) is 11.5 Å². The maximum absolute atomic E-state index is 12.4. The molecule has 7 nitrogen and oxygen atoms in total. The van der Waals surface area contributed by atoms with Gasteiger partial charge in [-0.15, -0.1) is 0 Å². The molecule has 0 aliphatic carbocycles. The Morgan fingerprint density at radius 3 is 2.35 bits per heavy atom. The summed E-state index contributed by atoms with van der Waals surface area (Å²) in [5, 5.41) is 0. The van der Waals surface area contributed by atoms with Crippen molar-refractivity contribution in [2.24, 2.45) is 0 Å². The van der Waals surface area contributed by atoms with Crippen LogP contribution in [0.4, 0.5) is 0 Å². The van der Waals surface area contributed by atoms with Crippen LogP contribution in [0.15, 0.2) is 47.4 Å². The number of hydrogen-bond acceptors (Lipinski definition) is 6. The molecular weight excluding hydrogens is 358 g/mol. The highest BCUT2D eigenvalue weighted by Gasteiger charge is 2.21. The lowest BCUT2D eigenvalue weighted by Gasteiger charge is -2.12. The van der Waals surface area contributed by atoms with E-state index in [2.05, 4.69) is 4.72 Å². The number of aryl methyl sites for hydroxylation is 1. The molecule has 1 N–H and O–H groups in total. The number of sulfonamides is 1. The standard InChI is InChI=1S/C18H21NO6S/c1-13-4-6-14(7-5-13)12-25-18(20)11-19-26(21,22)17-10-15(23-2)8-9-16(17)24-3/h4-10,19H,11-12H2,1-3H3. The molecule has 0 aliphatic heterocycles. The normalized spacial score (nSPS) is 11.0. The van der Waals surface area contributed by atoms with Crippen molar-refractivity contribution in [3.63, 3.8) is 0 Å². The third kappa shape index (κ3) is 5.21. The fourth-order valence-corrected chi connectivity index (χ4v) is 3.28. The van der Waals surface area contributed by atoms with Crippen molar-refractivity contribution in [3.05, 3.63) is 53.6 Å². The first kappa shape index (κ1) is 19.7. The highest BCUT2D eigenvalue weighted by atomic mass is 32.2. The van der Waals surface area contributed by atoms with Gasteiger partial charge in [-0.05, 0) is 24.6 Å². The Balaban J connectivity index is 1.99. The largest absolute Gasteiger partial charge is 0.497 e. The Hall–Kier alpha value is -2.58. The first-order valence-electron chi connectivity index (χ1n) is 7.78. The molecule has 0 saturated heterocycles. The van der Waals surface area contributed by atoms with Gasteiger partial charge in [0.2, 0.25) is 10.0 Å². The summed E-state index contributed by atoms with van der Waals surface area (Å²) in [7, 11) is -1.19. The number of carbonyl (C=O) groups excluding carboxylic acids is 1. The fraction of sp³-hybridized carbons (Fsp3) is 0.278. The maximum atomic E-state index is 12.4. The molecule has 2 aromatic rings. The molecule has 2 rings (SSSR count). The minimum atomic E-state index is -3.98. The average molecular weight is 379 g/mol. The summed E-state index contributed by atoms with van der Waals surface area (Å²) >= 11 is 0. The zero-order chi connectivity index (χ0) is 19.2. The van der Waals surface area contributed by atoms with E-state index < -0.39 is 22.5 Å². The van der Waals surface area contributed by atoms with Gasteiger partial charge < -0.3 is 14.2 Å². The molecule has 2 aromatic carbocycles. The van der Waals surface area contributed by atoms with Gasteiger partial charge in [0.05, 0.1) is 14.2 Å². The fourth-order valence-electron chi connectivity index (χ4n) is 2.12. The third-order valence-electron chi connectivity index (χ3n) is 3.59. The second-order valence-electron chi connectivity index (χ2n) is 5.49. The van der Waals surface area contributed by atoms with E-state index in [1.165, 1.54) is 26.4 Å². The molecule has 0 saturated carbocycles. The van der Waals surface area contributed by atoms with Gasteiger partial charge in [0, 0.05) is 6.07 Å². The van der Waals surface area contributed by atoms with Gasteiger partial charge in [-0.3, -0.25) is 4.79 Å². The van der Waals surface area contributed by atoms with E-state index in [9.17, 15) is 13.2 Å². The Morgan fingerprint density at radius 1 is 1.04 bits per heavy atom. The van der Waals surface area contributed by atoms with E-state index in [0.29, 0.717) is 5.75 Å². The Labute approximate surface area is 152 Å². The number of carbonyl (C=O) groups is 1. The molecular formula is C18H21NO6S. The van der Waals surface area contributed by atoms with Crippen LogP contribution in [0.5, 0.6) is 11.5 Å². The smallest absolute Gasteiger partial charge is 0.321 e. The minimum absolute atomic E-state index is 0.0727. The molecule has 0 atom stereocenters. The summed E-state index contributed by atoms with van der Waals surface area (Å²) in [6.45, 7) is 1.54. The number of hydrogen-bond donors (Lipinski definition) is 1. The van der Waals surface area contributed by atoms with Crippen molar-refractivity contribution in [1.82, 2.24) is 4.72 Å². The quantitative estimate of drug-likeness (QED) is 0.706. The van der Waals surface area contributed by atoms with Crippen LogP contribution in [0.3, 0.4) is 0 Å². The first-order chi connectivity index (χ1) is 12.4. The lowest BCUT2D eigenvalue weighted by Crippen LogP contribution is -2.31. The molecule has 140 valence electrons. The van der Waals surface area contributed by atoms with E-state index in [0.717, 1.165) is 11.1 Å². The molecule has 0 aromatic heterocycles. The number of esters is 1. The molecule has 0 radical (unpaired) electrons. The van der Waals surface area contributed by atoms with E-state index in [1.54, 1.807) is 6.07 Å². The Bertz CT molecular complexity index is 862. The zero-order valence-corrected chi connectivity index (χ0v) is 15.6. The van der Waals surface area contributed by atoms with Crippen LogP contribution in [0.1, 0.15) is 11.1 Å². The summed E-state index contributed by atoms with van der Waals surface area (Å²) in [6.07, 6.45) is 0. The van der Waals surface area contributed by atoms with Crippen molar-refractivity contribution in [2.75, 3.05) is 20.8 Å². The third-order valence-corrected chi connectivity index (χ3v) is 5.01. The van der Waals surface area contributed by atoms with Crippen LogP contribution in [-0.4, -0.2) is 35.2 Å². The van der Waals surface area contributed by atoms with Crippen LogP contribution in [-0.2, 0) is 26.2 Å². The topological polar surface area (TPSA) is 90.9 Å². The molecule has 0 amide bonds. The SMILES string of the molecule is COc1ccc(OC)c(S(=O)(=O)NCC(=O)OCc2ccc(C)cc2)c1. The number of methoxy groups -OCH3 is 2. The molecule has 8 heteroatoms. The van der Waals surface area contributed by atoms with Crippen molar-refractivity contribution in [1.29, 1.82) is 0 Å². The summed E-state index contributed by atoms with van der Waals surface area (Å²) in [5.41, 5.74) is 1.92. The summed E-state index contributed by atoms with van der Waals surface area (Å²) in [4.78, 5) is 11.7. The number of benzene rings is 2. The van der Waals surface area contributed by atoms with E-state index >= 15 is 0 Å². The molecule has 0 spiro atoms. The summed E-state index contributed by atoms with van der Waals surface area (Å²) in [5.74, 6) is -0.185. The molecule has 0 fully saturated rings. The van der Waals surface area contributed by atoms with E-state index in [1.807, 2.05) is 31.2 Å². The lowest BCUT2D eigenvalue weighted by atomic mass is 10.2. The predicted octanol–water partition coefficient (Wildman–Crippen LogP) is 2.03. The molecule has 0 bridgehead atoms. The zero-order valence-electron chi connectivity index (χ0n) is 14.8. The van der Waals surface area contributed by atoms with Gasteiger partial charge in [0.1, 0.15) is 29.5 Å². The second kappa shape index (κ2) is 8.68. The molecule has 0 aliphatic rings. The van der Waals surface area contributed by atoms with Gasteiger partial charge in [-0.25, -0.2) is 8.42 Å². The lowest BCUT2D eigenvalue weighted by molar-refractivity contribution is -0.143. The van der Waals surface area contributed by atoms with Crippen molar-refractivity contribution < 1.29 is 27.4 Å². The van der Waals surface area contributed by atoms with E-state index in [-0.39, 0.29) is 17.3 Å². The van der Waals surface area contributed by atoms with Crippen LogP contribution in [0.2, 0.25) is 0 Å². The minimum Gasteiger partial charge on any atom is -0.497 e.